The van der Waals surface area contributed by atoms with Crippen LogP contribution in [0.5, 0.6) is 0 Å². The van der Waals surface area contributed by atoms with Crippen LogP contribution in [0.3, 0.4) is 0 Å². The van der Waals surface area contributed by atoms with Gasteiger partial charge in [0.15, 0.2) is 5.13 Å². The average molecular weight is 269 g/mol. The molecule has 2 N–H and O–H groups in total. The van der Waals surface area contributed by atoms with E-state index in [2.05, 4.69) is 15.6 Å². The van der Waals surface area contributed by atoms with Crippen LogP contribution in [-0.2, 0) is 9.59 Å². The third kappa shape index (κ3) is 3.80. The van der Waals surface area contributed by atoms with Crippen molar-refractivity contribution >= 4 is 28.3 Å². The maximum atomic E-state index is 12.1. The van der Waals surface area contributed by atoms with E-state index in [4.69, 9.17) is 0 Å². The Morgan fingerprint density at radius 3 is 2.28 bits per heavy atom. The fourth-order valence-electron chi connectivity index (χ4n) is 1.46. The molecule has 6 heteroatoms. The number of carbonyl (C=O) groups is 2. The van der Waals surface area contributed by atoms with E-state index in [1.54, 1.807) is 0 Å². The highest BCUT2D eigenvalue weighted by Gasteiger charge is 2.23. The number of aryl methyl sites for hydroxylation is 2. The minimum Gasteiger partial charge on any atom is -0.344 e. The Bertz CT molecular complexity index is 435. The summed E-state index contributed by atoms with van der Waals surface area (Å²) in [5.41, 5.74) is 0.913. The van der Waals surface area contributed by atoms with Gasteiger partial charge in [-0.1, -0.05) is 13.8 Å². The van der Waals surface area contributed by atoms with Gasteiger partial charge in [-0.25, -0.2) is 4.98 Å². The van der Waals surface area contributed by atoms with E-state index in [0.29, 0.717) is 5.13 Å². The molecule has 1 aromatic rings. The molecule has 100 valence electrons. The van der Waals surface area contributed by atoms with Crippen molar-refractivity contribution in [1.29, 1.82) is 0 Å². The van der Waals surface area contributed by atoms with E-state index in [-0.39, 0.29) is 17.7 Å². The predicted molar refractivity (Wildman–Crippen MR) is 72.7 cm³/mol. The zero-order valence-corrected chi connectivity index (χ0v) is 12.1. The first-order valence-corrected chi connectivity index (χ1v) is 6.65. The zero-order chi connectivity index (χ0) is 13.9. The lowest BCUT2D eigenvalue weighted by molar-refractivity contribution is -0.126. The third-order valence-corrected chi connectivity index (χ3v) is 3.55. The molecule has 0 bridgehead atoms. The summed E-state index contributed by atoms with van der Waals surface area (Å²) in [6.45, 7) is 9.03. The van der Waals surface area contributed by atoms with Gasteiger partial charge in [-0.2, -0.15) is 0 Å². The molecule has 0 aliphatic carbocycles. The van der Waals surface area contributed by atoms with E-state index >= 15 is 0 Å². The molecule has 1 heterocycles. The molecule has 1 rings (SSSR count). The molecular formula is C12H19N3O2S. The lowest BCUT2D eigenvalue weighted by Gasteiger charge is -2.20. The molecule has 1 atom stereocenters. The lowest BCUT2D eigenvalue weighted by atomic mass is 10.0. The standard InChI is InChI=1S/C12H19N3O2S/c1-6(2)10(14-9(5)16)11(17)15-12-13-7(3)8(4)18-12/h6,10H,1-5H3,(H,14,16)(H,13,15,17)/t10-/m1/s1. The van der Waals surface area contributed by atoms with E-state index < -0.39 is 6.04 Å². The SMILES string of the molecule is CC(=O)N[C@@H](C(=O)Nc1nc(C)c(C)s1)C(C)C. The molecule has 2 amide bonds. The van der Waals surface area contributed by atoms with Gasteiger partial charge < -0.3 is 10.6 Å². The van der Waals surface area contributed by atoms with Crippen LogP contribution in [0.25, 0.3) is 0 Å². The number of rotatable bonds is 4. The number of carbonyl (C=O) groups excluding carboxylic acids is 2. The summed E-state index contributed by atoms with van der Waals surface area (Å²) in [6, 6.07) is -0.535. The van der Waals surface area contributed by atoms with Crippen LogP contribution in [0.15, 0.2) is 0 Å². The van der Waals surface area contributed by atoms with Gasteiger partial charge in [-0.05, 0) is 19.8 Å². The van der Waals surface area contributed by atoms with Crippen molar-refractivity contribution in [3.8, 4) is 0 Å². The minimum absolute atomic E-state index is 0.0241. The van der Waals surface area contributed by atoms with Gasteiger partial charge in [-0.3, -0.25) is 9.59 Å². The topological polar surface area (TPSA) is 71.1 Å². The maximum Gasteiger partial charge on any atom is 0.248 e. The van der Waals surface area contributed by atoms with Crippen molar-refractivity contribution < 1.29 is 9.59 Å². The number of anilines is 1. The van der Waals surface area contributed by atoms with Crippen LogP contribution in [0.4, 0.5) is 5.13 Å². The van der Waals surface area contributed by atoms with Crippen LogP contribution in [0, 0.1) is 19.8 Å². The smallest absolute Gasteiger partial charge is 0.248 e. The predicted octanol–water partition coefficient (Wildman–Crippen LogP) is 1.86. The fraction of sp³-hybridized carbons (Fsp3) is 0.583. The lowest BCUT2D eigenvalue weighted by Crippen LogP contribution is -2.46. The Balaban J connectivity index is 2.75. The van der Waals surface area contributed by atoms with Gasteiger partial charge in [0.1, 0.15) is 6.04 Å². The highest BCUT2D eigenvalue weighted by atomic mass is 32.1. The van der Waals surface area contributed by atoms with Gasteiger partial charge in [0.2, 0.25) is 11.8 Å². The highest BCUT2D eigenvalue weighted by molar-refractivity contribution is 7.15. The van der Waals surface area contributed by atoms with Crippen molar-refractivity contribution in [2.75, 3.05) is 5.32 Å². The average Bonchev–Trinajstić information content (AvgIpc) is 2.53. The summed E-state index contributed by atoms with van der Waals surface area (Å²) >= 11 is 1.43. The second kappa shape index (κ2) is 5.95. The summed E-state index contributed by atoms with van der Waals surface area (Å²) in [5, 5.41) is 5.97. The molecule has 5 nitrogen and oxygen atoms in total. The van der Waals surface area contributed by atoms with Crippen LogP contribution in [-0.4, -0.2) is 22.8 Å². The number of hydrogen-bond donors (Lipinski definition) is 2. The number of amides is 2. The molecule has 0 aliphatic rings. The van der Waals surface area contributed by atoms with Crippen molar-refractivity contribution in [3.05, 3.63) is 10.6 Å². The quantitative estimate of drug-likeness (QED) is 0.876. The van der Waals surface area contributed by atoms with Crippen molar-refractivity contribution in [3.63, 3.8) is 0 Å². The molecule has 0 saturated carbocycles. The zero-order valence-electron chi connectivity index (χ0n) is 11.3. The van der Waals surface area contributed by atoms with Crippen LogP contribution in [0.2, 0.25) is 0 Å². The molecular weight excluding hydrogens is 250 g/mol. The van der Waals surface area contributed by atoms with Crippen LogP contribution >= 0.6 is 11.3 Å². The summed E-state index contributed by atoms with van der Waals surface area (Å²) in [5.74, 6) is -0.416. The molecule has 0 aliphatic heterocycles. The molecule has 0 aromatic carbocycles. The molecule has 0 fully saturated rings. The van der Waals surface area contributed by atoms with Crippen LogP contribution in [0.1, 0.15) is 31.3 Å². The van der Waals surface area contributed by atoms with Crippen molar-refractivity contribution in [2.24, 2.45) is 5.92 Å². The fourth-order valence-corrected chi connectivity index (χ4v) is 2.28. The largest absolute Gasteiger partial charge is 0.344 e. The van der Waals surface area contributed by atoms with Crippen molar-refractivity contribution in [1.82, 2.24) is 10.3 Å². The number of hydrogen-bond acceptors (Lipinski definition) is 4. The number of aromatic nitrogens is 1. The van der Waals surface area contributed by atoms with Gasteiger partial charge in [0, 0.05) is 11.8 Å². The first kappa shape index (κ1) is 14.6. The first-order chi connectivity index (χ1) is 8.31. The number of nitrogens with one attached hydrogen (secondary N) is 2. The summed E-state index contributed by atoms with van der Waals surface area (Å²) in [6.07, 6.45) is 0. The van der Waals surface area contributed by atoms with E-state index in [9.17, 15) is 9.59 Å². The molecule has 18 heavy (non-hydrogen) atoms. The Morgan fingerprint density at radius 1 is 1.28 bits per heavy atom. The van der Waals surface area contributed by atoms with Gasteiger partial charge in [-0.15, -0.1) is 11.3 Å². The maximum absolute atomic E-state index is 12.1. The molecule has 0 spiro atoms. The van der Waals surface area contributed by atoms with Gasteiger partial charge in [0.25, 0.3) is 0 Å². The normalized spacial score (nSPS) is 12.3. The summed E-state index contributed by atoms with van der Waals surface area (Å²) in [7, 11) is 0. The molecule has 0 saturated heterocycles. The summed E-state index contributed by atoms with van der Waals surface area (Å²) < 4.78 is 0. The van der Waals surface area contributed by atoms with E-state index in [1.807, 2.05) is 27.7 Å². The Labute approximate surface area is 111 Å². The van der Waals surface area contributed by atoms with Gasteiger partial charge >= 0.3 is 0 Å². The number of thiazole rings is 1. The van der Waals surface area contributed by atoms with Crippen molar-refractivity contribution in [2.45, 2.75) is 40.7 Å². The summed E-state index contributed by atoms with van der Waals surface area (Å²) in [4.78, 5) is 28.4. The van der Waals surface area contributed by atoms with Gasteiger partial charge in [0.05, 0.1) is 5.69 Å². The monoisotopic (exact) mass is 269 g/mol. The number of nitrogens with zero attached hydrogens (tertiary/aromatic N) is 1. The molecule has 0 unspecified atom stereocenters. The second-order valence-corrected chi connectivity index (χ2v) is 5.78. The molecule has 0 radical (unpaired) electrons. The Kier molecular flexibility index (Phi) is 4.84. The molecule has 1 aromatic heterocycles. The van der Waals surface area contributed by atoms with E-state index in [0.717, 1.165) is 10.6 Å². The Hall–Kier alpha value is -1.43. The minimum atomic E-state index is -0.535. The second-order valence-electron chi connectivity index (χ2n) is 4.57. The third-order valence-electron chi connectivity index (χ3n) is 2.57. The highest BCUT2D eigenvalue weighted by Crippen LogP contribution is 2.21. The Morgan fingerprint density at radius 2 is 1.89 bits per heavy atom. The first-order valence-electron chi connectivity index (χ1n) is 5.83. The van der Waals surface area contributed by atoms with Crippen LogP contribution < -0.4 is 10.6 Å². The van der Waals surface area contributed by atoms with E-state index in [1.165, 1.54) is 18.3 Å².